The Morgan fingerprint density at radius 3 is 2.79 bits per heavy atom. The summed E-state index contributed by atoms with van der Waals surface area (Å²) in [6, 6.07) is 11.6. The van der Waals surface area contributed by atoms with Gasteiger partial charge in [0.1, 0.15) is 5.75 Å². The maximum atomic E-state index is 12.9. The monoisotopic (exact) mass is 380 g/mol. The molecule has 2 bridgehead atoms. The Morgan fingerprint density at radius 2 is 2.00 bits per heavy atom. The molecular weight excluding hydrogens is 352 g/mol. The van der Waals surface area contributed by atoms with Gasteiger partial charge in [-0.3, -0.25) is 9.59 Å². The first-order chi connectivity index (χ1) is 13.4. The molecule has 1 aromatic heterocycles. The molecule has 0 N–H and O–H groups in total. The molecule has 3 heterocycles. The summed E-state index contributed by atoms with van der Waals surface area (Å²) in [4.78, 5) is 26.9. The molecule has 0 spiro atoms. The second-order valence-corrected chi connectivity index (χ2v) is 8.48. The number of pyridine rings is 1. The third-order valence-corrected chi connectivity index (χ3v) is 5.97. The van der Waals surface area contributed by atoms with E-state index in [1.807, 2.05) is 34.6 Å². The van der Waals surface area contributed by atoms with Crippen molar-refractivity contribution in [2.75, 3.05) is 19.7 Å². The smallest absolute Gasteiger partial charge is 0.260 e. The first kappa shape index (κ1) is 18.8. The zero-order valence-electron chi connectivity index (χ0n) is 16.9. The van der Waals surface area contributed by atoms with Crippen molar-refractivity contribution in [3.05, 3.63) is 63.6 Å². The largest absolute Gasteiger partial charge is 0.483 e. The number of piperidine rings is 1. The maximum absolute atomic E-state index is 12.9. The Morgan fingerprint density at radius 1 is 1.18 bits per heavy atom. The van der Waals surface area contributed by atoms with E-state index in [9.17, 15) is 9.59 Å². The Balaban J connectivity index is 1.46. The van der Waals surface area contributed by atoms with E-state index in [4.69, 9.17) is 4.74 Å². The van der Waals surface area contributed by atoms with Gasteiger partial charge in [-0.1, -0.05) is 32.0 Å². The standard InChI is InChI=1S/C23H28N2O3/c1-15(2)19-8-7-16(3)9-21(19)28-14-23(27)24-11-17-10-18(13-24)20-5-4-6-22(26)25(20)12-17/h4-9,15,17-18H,10-14H2,1-3H3/t17-,18+/m0/s1. The number of carbonyl (C=O) groups is 1. The van der Waals surface area contributed by atoms with Gasteiger partial charge in [-0.05, 0) is 48.4 Å². The molecule has 28 heavy (non-hydrogen) atoms. The summed E-state index contributed by atoms with van der Waals surface area (Å²) < 4.78 is 7.85. The molecule has 0 saturated carbocycles. The summed E-state index contributed by atoms with van der Waals surface area (Å²) in [5.74, 6) is 1.74. The highest BCUT2D eigenvalue weighted by atomic mass is 16.5. The van der Waals surface area contributed by atoms with E-state index < -0.39 is 0 Å². The summed E-state index contributed by atoms with van der Waals surface area (Å²) in [6.07, 6.45) is 1.05. The molecule has 2 aliphatic heterocycles. The van der Waals surface area contributed by atoms with Gasteiger partial charge in [0.2, 0.25) is 0 Å². The van der Waals surface area contributed by atoms with Crippen LogP contribution in [0.25, 0.3) is 0 Å². The third kappa shape index (κ3) is 3.58. The fourth-order valence-electron chi connectivity index (χ4n) is 4.57. The lowest BCUT2D eigenvalue weighted by molar-refractivity contribution is -0.136. The predicted molar refractivity (Wildman–Crippen MR) is 109 cm³/mol. The van der Waals surface area contributed by atoms with Crippen LogP contribution in [-0.4, -0.2) is 35.1 Å². The van der Waals surface area contributed by atoms with Gasteiger partial charge >= 0.3 is 0 Å². The third-order valence-electron chi connectivity index (χ3n) is 5.97. The number of amides is 1. The molecule has 0 radical (unpaired) electrons. The van der Waals surface area contributed by atoms with Crippen LogP contribution in [0.5, 0.6) is 5.75 Å². The molecule has 2 atom stereocenters. The number of carbonyl (C=O) groups excluding carboxylic acids is 1. The van der Waals surface area contributed by atoms with E-state index in [0.717, 1.165) is 29.0 Å². The van der Waals surface area contributed by atoms with E-state index in [0.29, 0.717) is 31.5 Å². The SMILES string of the molecule is Cc1ccc(C(C)C)c(OCC(=O)N2C[C@@H]3C[C@H](C2)c2cccc(=O)n2C3)c1. The molecule has 148 valence electrons. The number of nitrogens with zero attached hydrogens (tertiary/aromatic N) is 2. The number of hydrogen-bond donors (Lipinski definition) is 0. The van der Waals surface area contributed by atoms with Crippen molar-refractivity contribution >= 4 is 5.91 Å². The van der Waals surface area contributed by atoms with Crippen molar-refractivity contribution in [2.24, 2.45) is 5.92 Å². The highest BCUT2D eigenvalue weighted by Crippen LogP contribution is 2.35. The first-order valence-corrected chi connectivity index (χ1v) is 10.1. The number of aryl methyl sites for hydroxylation is 1. The average molecular weight is 380 g/mol. The number of ether oxygens (including phenoxy) is 1. The van der Waals surface area contributed by atoms with Crippen molar-refractivity contribution < 1.29 is 9.53 Å². The Hall–Kier alpha value is -2.56. The van der Waals surface area contributed by atoms with Crippen LogP contribution in [0.3, 0.4) is 0 Å². The van der Waals surface area contributed by atoms with Gasteiger partial charge in [-0.2, -0.15) is 0 Å². The number of aromatic nitrogens is 1. The van der Waals surface area contributed by atoms with Crippen LogP contribution >= 0.6 is 0 Å². The van der Waals surface area contributed by atoms with Crippen molar-refractivity contribution in [3.63, 3.8) is 0 Å². The second kappa shape index (κ2) is 7.46. The van der Waals surface area contributed by atoms with Crippen LogP contribution in [0.15, 0.2) is 41.2 Å². The molecule has 0 unspecified atom stereocenters. The Bertz CT molecular complexity index is 947. The second-order valence-electron chi connectivity index (χ2n) is 8.48. The van der Waals surface area contributed by atoms with Gasteiger partial charge in [0, 0.05) is 37.3 Å². The molecule has 0 aliphatic carbocycles. The van der Waals surface area contributed by atoms with Crippen LogP contribution < -0.4 is 10.3 Å². The van der Waals surface area contributed by atoms with Gasteiger partial charge in [0.05, 0.1) is 0 Å². The number of fused-ring (bicyclic) bond motifs is 4. The number of likely N-dealkylation sites (tertiary alicyclic amines) is 1. The lowest BCUT2D eigenvalue weighted by Crippen LogP contribution is -2.50. The minimum absolute atomic E-state index is 0.0256. The molecule has 1 saturated heterocycles. The van der Waals surface area contributed by atoms with E-state index in [1.165, 1.54) is 0 Å². The quantitative estimate of drug-likeness (QED) is 0.818. The minimum Gasteiger partial charge on any atom is -0.483 e. The Kier molecular flexibility index (Phi) is 5.00. The van der Waals surface area contributed by atoms with Crippen LogP contribution in [0, 0.1) is 12.8 Å². The highest BCUT2D eigenvalue weighted by Gasteiger charge is 2.36. The predicted octanol–water partition coefficient (Wildman–Crippen LogP) is 3.30. The maximum Gasteiger partial charge on any atom is 0.260 e. The number of benzene rings is 1. The van der Waals surface area contributed by atoms with Crippen LogP contribution in [0.2, 0.25) is 0 Å². The molecule has 2 aromatic rings. The van der Waals surface area contributed by atoms with Gasteiger partial charge in [0.15, 0.2) is 6.61 Å². The normalized spacial score (nSPS) is 20.8. The van der Waals surface area contributed by atoms with E-state index in [-0.39, 0.29) is 24.0 Å². The van der Waals surface area contributed by atoms with E-state index in [1.54, 1.807) is 6.07 Å². The van der Waals surface area contributed by atoms with Crippen molar-refractivity contribution in [1.29, 1.82) is 0 Å². The van der Waals surface area contributed by atoms with E-state index in [2.05, 4.69) is 26.0 Å². The van der Waals surface area contributed by atoms with Crippen molar-refractivity contribution in [3.8, 4) is 5.75 Å². The zero-order valence-corrected chi connectivity index (χ0v) is 16.9. The first-order valence-electron chi connectivity index (χ1n) is 10.1. The topological polar surface area (TPSA) is 51.5 Å². The number of rotatable bonds is 4. The fourth-order valence-corrected chi connectivity index (χ4v) is 4.57. The molecule has 4 rings (SSSR count). The van der Waals surface area contributed by atoms with E-state index >= 15 is 0 Å². The molecule has 5 heteroatoms. The summed E-state index contributed by atoms with van der Waals surface area (Å²) in [5.41, 5.74) is 3.38. The molecule has 2 aliphatic rings. The summed E-state index contributed by atoms with van der Waals surface area (Å²) in [6.45, 7) is 8.41. The summed E-state index contributed by atoms with van der Waals surface area (Å²) in [7, 11) is 0. The average Bonchev–Trinajstić information content (AvgIpc) is 2.66. The number of hydrogen-bond acceptors (Lipinski definition) is 3. The summed E-state index contributed by atoms with van der Waals surface area (Å²) >= 11 is 0. The van der Waals surface area contributed by atoms with Crippen LogP contribution in [0.4, 0.5) is 0 Å². The zero-order chi connectivity index (χ0) is 19.8. The molecule has 1 fully saturated rings. The molecule has 1 aromatic carbocycles. The van der Waals surface area contributed by atoms with Gasteiger partial charge < -0.3 is 14.2 Å². The molecule has 5 nitrogen and oxygen atoms in total. The van der Waals surface area contributed by atoms with Gasteiger partial charge in [-0.25, -0.2) is 0 Å². The fraction of sp³-hybridized carbons (Fsp3) is 0.478. The van der Waals surface area contributed by atoms with Crippen LogP contribution in [-0.2, 0) is 11.3 Å². The van der Waals surface area contributed by atoms with Gasteiger partial charge in [-0.15, -0.1) is 0 Å². The lowest BCUT2D eigenvalue weighted by atomic mass is 9.83. The van der Waals surface area contributed by atoms with Crippen molar-refractivity contribution in [2.45, 2.75) is 45.6 Å². The lowest BCUT2D eigenvalue weighted by Gasteiger charge is -2.42. The Labute approximate surface area is 165 Å². The minimum atomic E-state index is 0.0256. The van der Waals surface area contributed by atoms with Gasteiger partial charge in [0.25, 0.3) is 11.5 Å². The van der Waals surface area contributed by atoms with Crippen molar-refractivity contribution in [1.82, 2.24) is 9.47 Å². The molecular formula is C23H28N2O3. The molecule has 1 amide bonds. The summed E-state index contributed by atoms with van der Waals surface area (Å²) in [5, 5.41) is 0. The highest BCUT2D eigenvalue weighted by molar-refractivity contribution is 5.78. The van der Waals surface area contributed by atoms with Crippen LogP contribution in [0.1, 0.15) is 48.9 Å².